The summed E-state index contributed by atoms with van der Waals surface area (Å²) in [4.78, 5) is 0. The van der Waals surface area contributed by atoms with E-state index in [-0.39, 0.29) is 11.9 Å². The Morgan fingerprint density at radius 1 is 0.950 bits per heavy atom. The summed E-state index contributed by atoms with van der Waals surface area (Å²) >= 11 is 0. The second-order valence-electron chi connectivity index (χ2n) is 4.86. The number of aryl methyl sites for hydroxylation is 1. The molecule has 1 nitrogen and oxygen atoms in total. The zero-order chi connectivity index (χ0) is 14.7. The first kappa shape index (κ1) is 14.6. The van der Waals surface area contributed by atoms with Gasteiger partial charge in [-0.1, -0.05) is 18.2 Å². The van der Waals surface area contributed by atoms with Crippen molar-refractivity contribution in [1.29, 1.82) is 0 Å². The normalized spacial score (nSPS) is 12.4. The molecule has 106 valence electrons. The summed E-state index contributed by atoms with van der Waals surface area (Å²) in [6.07, 6.45) is 0. The summed E-state index contributed by atoms with van der Waals surface area (Å²) in [6.45, 7) is 3.98. The highest BCUT2D eigenvalue weighted by Crippen LogP contribution is 2.17. The minimum absolute atomic E-state index is 0.0850. The van der Waals surface area contributed by atoms with Gasteiger partial charge in [0.2, 0.25) is 0 Å². The number of hydrogen-bond donors (Lipinski definition) is 1. The van der Waals surface area contributed by atoms with Crippen molar-refractivity contribution in [3.63, 3.8) is 0 Å². The molecule has 1 unspecified atom stereocenters. The molecule has 0 saturated carbocycles. The zero-order valence-electron chi connectivity index (χ0n) is 11.4. The topological polar surface area (TPSA) is 12.0 Å². The van der Waals surface area contributed by atoms with E-state index in [0.717, 1.165) is 17.7 Å². The van der Waals surface area contributed by atoms with Gasteiger partial charge in [-0.15, -0.1) is 0 Å². The highest BCUT2D eigenvalue weighted by atomic mass is 19.2. The molecule has 0 spiro atoms. The molecule has 0 aliphatic heterocycles. The molecule has 20 heavy (non-hydrogen) atoms. The Balaban J connectivity index is 2.02. The number of benzene rings is 2. The zero-order valence-corrected chi connectivity index (χ0v) is 11.4. The third kappa shape index (κ3) is 3.39. The van der Waals surface area contributed by atoms with Crippen LogP contribution in [0.2, 0.25) is 0 Å². The van der Waals surface area contributed by atoms with Gasteiger partial charge in [0, 0.05) is 12.6 Å². The van der Waals surface area contributed by atoms with E-state index in [4.69, 9.17) is 0 Å². The van der Waals surface area contributed by atoms with E-state index in [0.29, 0.717) is 17.7 Å². The van der Waals surface area contributed by atoms with E-state index in [9.17, 15) is 13.2 Å². The second kappa shape index (κ2) is 6.09. The lowest BCUT2D eigenvalue weighted by molar-refractivity contribution is 0.503. The highest BCUT2D eigenvalue weighted by molar-refractivity contribution is 5.26. The molecule has 2 rings (SSSR count). The van der Waals surface area contributed by atoms with Crippen molar-refractivity contribution in [2.45, 2.75) is 26.4 Å². The van der Waals surface area contributed by atoms with Crippen LogP contribution in [-0.4, -0.2) is 0 Å². The number of nitrogens with one attached hydrogen (secondary N) is 1. The Bertz CT molecular complexity index is 611. The molecule has 2 aromatic carbocycles. The largest absolute Gasteiger partial charge is 0.306 e. The maximum absolute atomic E-state index is 13.5. The molecule has 0 radical (unpaired) electrons. The van der Waals surface area contributed by atoms with E-state index in [1.54, 1.807) is 13.0 Å². The lowest BCUT2D eigenvalue weighted by Crippen LogP contribution is -2.18. The van der Waals surface area contributed by atoms with E-state index < -0.39 is 11.6 Å². The maximum Gasteiger partial charge on any atom is 0.159 e. The molecule has 0 fully saturated rings. The van der Waals surface area contributed by atoms with E-state index >= 15 is 0 Å². The summed E-state index contributed by atoms with van der Waals surface area (Å²) in [7, 11) is 0. The molecular formula is C16H16F3N. The first-order valence-corrected chi connectivity index (χ1v) is 6.40. The van der Waals surface area contributed by atoms with Crippen LogP contribution in [-0.2, 0) is 6.54 Å². The monoisotopic (exact) mass is 279 g/mol. The van der Waals surface area contributed by atoms with Gasteiger partial charge in [-0.2, -0.15) is 0 Å². The third-order valence-corrected chi connectivity index (χ3v) is 3.29. The van der Waals surface area contributed by atoms with Crippen molar-refractivity contribution in [3.8, 4) is 0 Å². The van der Waals surface area contributed by atoms with E-state index in [2.05, 4.69) is 5.32 Å². The van der Waals surface area contributed by atoms with Crippen LogP contribution < -0.4 is 5.32 Å². The molecule has 1 N–H and O–H groups in total. The van der Waals surface area contributed by atoms with Crippen LogP contribution in [0.3, 0.4) is 0 Å². The average molecular weight is 279 g/mol. The smallest absolute Gasteiger partial charge is 0.159 e. The van der Waals surface area contributed by atoms with Crippen LogP contribution in [0.25, 0.3) is 0 Å². The van der Waals surface area contributed by atoms with Crippen LogP contribution in [0.15, 0.2) is 36.4 Å². The van der Waals surface area contributed by atoms with Gasteiger partial charge in [-0.3, -0.25) is 0 Å². The van der Waals surface area contributed by atoms with Crippen molar-refractivity contribution in [3.05, 3.63) is 70.5 Å². The number of rotatable bonds is 4. The SMILES string of the molecule is Cc1ccc(C(C)NCc2ccc(F)c(F)c2)cc1F. The van der Waals surface area contributed by atoms with Crippen molar-refractivity contribution < 1.29 is 13.2 Å². The summed E-state index contributed by atoms with van der Waals surface area (Å²) in [5.74, 6) is -1.97. The van der Waals surface area contributed by atoms with Gasteiger partial charge in [0.05, 0.1) is 0 Å². The van der Waals surface area contributed by atoms with Gasteiger partial charge in [0.15, 0.2) is 11.6 Å². The summed E-state index contributed by atoms with van der Waals surface area (Å²) < 4.78 is 39.4. The second-order valence-corrected chi connectivity index (χ2v) is 4.86. The summed E-state index contributed by atoms with van der Waals surface area (Å²) in [5, 5.41) is 3.15. The quantitative estimate of drug-likeness (QED) is 0.881. The molecule has 0 aliphatic rings. The van der Waals surface area contributed by atoms with Gasteiger partial charge in [0.1, 0.15) is 5.82 Å². The van der Waals surface area contributed by atoms with Crippen molar-refractivity contribution >= 4 is 0 Å². The molecular weight excluding hydrogens is 263 g/mol. The van der Waals surface area contributed by atoms with Crippen LogP contribution >= 0.6 is 0 Å². The van der Waals surface area contributed by atoms with Crippen molar-refractivity contribution in [2.75, 3.05) is 0 Å². The molecule has 0 aliphatic carbocycles. The fourth-order valence-electron chi connectivity index (χ4n) is 1.92. The van der Waals surface area contributed by atoms with Gasteiger partial charge in [-0.25, -0.2) is 13.2 Å². The van der Waals surface area contributed by atoms with Gasteiger partial charge in [-0.05, 0) is 48.7 Å². The molecule has 0 heterocycles. The molecule has 1 atom stereocenters. The lowest BCUT2D eigenvalue weighted by Gasteiger charge is -2.15. The Kier molecular flexibility index (Phi) is 4.45. The Labute approximate surface area is 116 Å². The van der Waals surface area contributed by atoms with Gasteiger partial charge < -0.3 is 5.32 Å². The minimum atomic E-state index is -0.863. The average Bonchev–Trinajstić information content (AvgIpc) is 2.43. The Morgan fingerprint density at radius 3 is 2.35 bits per heavy atom. The van der Waals surface area contributed by atoms with E-state index in [1.165, 1.54) is 12.1 Å². The maximum atomic E-state index is 13.5. The van der Waals surface area contributed by atoms with Gasteiger partial charge in [0.25, 0.3) is 0 Å². The van der Waals surface area contributed by atoms with Crippen LogP contribution in [0.5, 0.6) is 0 Å². The highest BCUT2D eigenvalue weighted by Gasteiger charge is 2.08. The van der Waals surface area contributed by atoms with E-state index in [1.807, 2.05) is 13.0 Å². The van der Waals surface area contributed by atoms with Crippen molar-refractivity contribution in [1.82, 2.24) is 5.32 Å². The number of halogens is 3. The van der Waals surface area contributed by atoms with Crippen LogP contribution in [0, 0.1) is 24.4 Å². The third-order valence-electron chi connectivity index (χ3n) is 3.29. The molecule has 0 saturated heterocycles. The van der Waals surface area contributed by atoms with Gasteiger partial charge >= 0.3 is 0 Å². The standard InChI is InChI=1S/C16H16F3N/c1-10-3-5-13(8-15(10)18)11(2)20-9-12-4-6-14(17)16(19)7-12/h3-8,11,20H,9H2,1-2H3. The Hall–Kier alpha value is -1.81. The molecule has 4 heteroatoms. The minimum Gasteiger partial charge on any atom is -0.306 e. The number of hydrogen-bond acceptors (Lipinski definition) is 1. The molecule has 0 aromatic heterocycles. The predicted octanol–water partition coefficient (Wildman–Crippen LogP) is 4.26. The summed E-state index contributed by atoms with van der Waals surface area (Å²) in [6, 6.07) is 8.75. The molecule has 0 bridgehead atoms. The summed E-state index contributed by atoms with van der Waals surface area (Å²) in [5.41, 5.74) is 2.06. The lowest BCUT2D eigenvalue weighted by atomic mass is 10.1. The fraction of sp³-hybridized carbons (Fsp3) is 0.250. The Morgan fingerprint density at radius 2 is 1.70 bits per heavy atom. The van der Waals surface area contributed by atoms with Crippen LogP contribution in [0.1, 0.15) is 29.7 Å². The molecule has 0 amide bonds. The predicted molar refractivity (Wildman–Crippen MR) is 72.7 cm³/mol. The first-order valence-electron chi connectivity index (χ1n) is 6.40. The fourth-order valence-corrected chi connectivity index (χ4v) is 1.92. The van der Waals surface area contributed by atoms with Crippen molar-refractivity contribution in [2.24, 2.45) is 0 Å². The molecule has 2 aromatic rings. The van der Waals surface area contributed by atoms with Crippen LogP contribution in [0.4, 0.5) is 13.2 Å². The first-order chi connectivity index (χ1) is 9.47.